The van der Waals surface area contributed by atoms with Crippen LogP contribution in [0.15, 0.2) is 164 Å². The summed E-state index contributed by atoms with van der Waals surface area (Å²) in [4.78, 5) is 34.1. The van der Waals surface area contributed by atoms with Crippen molar-refractivity contribution >= 4 is 180 Å². The number of alkyl halides is 6. The number of fused-ring (bicyclic) bond motifs is 6. The lowest BCUT2D eigenvalue weighted by Gasteiger charge is -2.38. The Labute approximate surface area is 811 Å². The van der Waals surface area contributed by atoms with Gasteiger partial charge < -0.3 is 34.5 Å². The van der Waals surface area contributed by atoms with Crippen LogP contribution in [0, 0.1) is 57.3 Å². The van der Waals surface area contributed by atoms with Crippen LogP contribution in [-0.4, -0.2) is 139 Å². The third-order valence-corrected chi connectivity index (χ3v) is 33.0. The molecule has 14 rings (SSSR count). The van der Waals surface area contributed by atoms with Crippen molar-refractivity contribution in [3.05, 3.63) is 234 Å². The Morgan fingerprint density at radius 3 is 1.12 bits per heavy atom. The van der Waals surface area contributed by atoms with E-state index in [1.807, 2.05) is 127 Å². The predicted octanol–water partition coefficient (Wildman–Crippen LogP) is 25.3. The van der Waals surface area contributed by atoms with Crippen molar-refractivity contribution < 1.29 is 64.2 Å². The first kappa shape index (κ1) is 109. The summed E-state index contributed by atoms with van der Waals surface area (Å²) in [5.41, 5.74) is 13.9. The molecule has 14 aromatic rings. The van der Waals surface area contributed by atoms with E-state index in [0.717, 1.165) is 148 Å². The molecule has 0 radical (unpaired) electrons. The predicted molar refractivity (Wildman–Crippen MR) is 526 cm³/mol. The molecule has 5 unspecified atom stereocenters. The number of Topliss-reactive ketones (excluding diaryl/α,β-unsaturated/α-hetero) is 1. The number of carbonyl (C=O) groups is 3. The fraction of sp³-hybridized carbons (Fsp3) is 0.379. The molecule has 0 aliphatic carbocycles. The Bertz CT molecular complexity index is 6570. The molecule has 0 aliphatic rings. The van der Waals surface area contributed by atoms with Gasteiger partial charge in [-0.2, -0.15) is 41.1 Å². The number of nitrogens with two attached hydrogens (primary N) is 1. The Balaban J connectivity index is 0.000000195. The van der Waals surface area contributed by atoms with Gasteiger partial charge >= 0.3 is 12.7 Å². The maximum Gasteiger partial charge on any atom is 0.573 e. The molecule has 1 amide bonds. The third kappa shape index (κ3) is 31.2. The number of aryl methyl sites for hydroxylation is 5. The van der Waals surface area contributed by atoms with Gasteiger partial charge in [0, 0.05) is 108 Å². The Hall–Kier alpha value is -10.1. The number of aromatic nitrogens is 12. The van der Waals surface area contributed by atoms with Crippen LogP contribution in [0.3, 0.4) is 0 Å². The molecule has 8 aromatic carbocycles. The van der Waals surface area contributed by atoms with Crippen molar-refractivity contribution in [1.82, 2.24) is 64.0 Å². The van der Waals surface area contributed by atoms with Crippen molar-refractivity contribution in [3.8, 4) is 23.6 Å². The fourth-order valence-corrected chi connectivity index (χ4v) is 17.2. The second kappa shape index (κ2) is 45.2. The molecule has 4 N–H and O–H groups in total. The number of rotatable bonds is 21. The largest absolute Gasteiger partial charge is 0.573 e. The third-order valence-electron chi connectivity index (χ3n) is 22.1. The maximum atomic E-state index is 12.5. The molecule has 0 fully saturated rings. The number of nitrogens with one attached hydrogen (secondary N) is 1. The molecule has 39 heteroatoms. The van der Waals surface area contributed by atoms with E-state index < -0.39 is 63.4 Å². The molecule has 716 valence electrons. The first-order chi connectivity index (χ1) is 62.0. The van der Waals surface area contributed by atoms with E-state index in [9.17, 15) is 51.1 Å². The Morgan fingerprint density at radius 1 is 0.455 bits per heavy atom. The number of hydrogen-bond acceptors (Lipinski definition) is 17. The number of halogens is 13. The Kier molecular flexibility index (Phi) is 36.8. The summed E-state index contributed by atoms with van der Waals surface area (Å²) in [6.45, 7) is 46.1. The molecule has 6 heterocycles. The zero-order chi connectivity index (χ0) is 100. The summed E-state index contributed by atoms with van der Waals surface area (Å²) in [7, 11) is -3.48. The van der Waals surface area contributed by atoms with Gasteiger partial charge in [0.2, 0.25) is 0 Å². The number of aliphatic hydroxyl groups excluding tert-OH is 1. The molecule has 0 spiro atoms. The minimum atomic E-state index is -4.82. The van der Waals surface area contributed by atoms with E-state index in [2.05, 4.69) is 152 Å². The van der Waals surface area contributed by atoms with Crippen LogP contribution in [0.5, 0.6) is 11.5 Å². The van der Waals surface area contributed by atoms with E-state index in [-0.39, 0.29) is 51.5 Å². The average molecular weight is 2020 g/mol. The normalized spacial score (nSPS) is 13.4. The van der Waals surface area contributed by atoms with Gasteiger partial charge in [0.15, 0.2) is 22.4 Å². The van der Waals surface area contributed by atoms with Crippen LogP contribution in [0.1, 0.15) is 132 Å². The molecule has 24 nitrogen and oxygen atoms in total. The van der Waals surface area contributed by atoms with E-state index in [0.29, 0.717) is 45.2 Å². The van der Waals surface area contributed by atoms with Crippen LogP contribution in [0.2, 0.25) is 66.4 Å². The SMILES string of the molecule is CC(=O)Cn1nc2cc(Cl)ccc2c1C.CC(Cn1cc2ccc(Cl)cc2n1)O[Si](C)(C)C(C)(C)C.Cc1c2ccc(Cl)cc2nn1CC(C)(C#N)NC(=O)c1ccc(OC(F)(F)F)cc1.Cc1c2ccc(Cl)cc2nn1CC(C)(N)C#N.Cc1c2ccc(Cl)cc2nn1CC(C)O.Cc1c2ccc(Cl)cc2nn1CC(C)O[Si](C)(C)C(C)(C)C.O=C(Cl)c1ccc(OC(F)(F)F)cc1. The zero-order valence-electron chi connectivity index (χ0n) is 78.1. The monoisotopic (exact) mass is 2020 g/mol. The highest BCUT2D eigenvalue weighted by molar-refractivity contribution is 6.74. The van der Waals surface area contributed by atoms with Gasteiger partial charge in [-0.1, -0.05) is 111 Å². The second-order valence-corrected chi connectivity index (χ2v) is 48.4. The fourth-order valence-electron chi connectivity index (χ4n) is 13.2. The standard InChI is InChI=1S/C20H16ClF3N4O2.C17H27ClN2OSi.C16H25ClN2OSi.C12H13ClN4.C11H13ClN2O.C11H11ClN2O.C8H4ClF3O2/c1-12-16-8-5-14(21)9-17(16)27-28(12)11-19(2,10-25)26-18(29)13-3-6-15(7-4-13)30-20(22,23)24;1-12(21-22(6,7)17(3,4)5)11-20-13(2)15-9-8-14(18)10-16(15)19-20;1-12(20-21(5,6)16(2,3)4)10-19-11-13-7-8-14(17)9-15(13)18-19;1-8-10-4-3-9(13)5-11(10)16-17(8)7-12(2,15)6-14;2*1-7(15)6-14-8(2)10-4-3-9(12)5-11(10)13-14;9-7(13)5-1-3-6(4-2-5)14-8(10,11)12/h3-9H,11H2,1-2H3,(H,26,29);8-10,12H,11H2,1-7H3;7-9,11-12H,10H2,1-6H3;3-5H,7,15H2,1-2H3;3-5,7,15H,6H2,1-2H3;3-5H,6H2,1-2H3;1-4H. The summed E-state index contributed by atoms with van der Waals surface area (Å²) in [5.74, 6) is -1.36. The van der Waals surface area contributed by atoms with Gasteiger partial charge in [-0.3, -0.25) is 42.5 Å². The summed E-state index contributed by atoms with van der Waals surface area (Å²) >= 11 is 40.8. The van der Waals surface area contributed by atoms with Crippen molar-refractivity contribution in [2.24, 2.45) is 5.73 Å². The smallest absolute Gasteiger partial charge is 0.412 e. The molecule has 0 saturated heterocycles. The van der Waals surface area contributed by atoms with E-state index in [1.54, 1.807) is 59.1 Å². The average Bonchev–Trinajstić information content (AvgIpc) is 1.65. The van der Waals surface area contributed by atoms with Gasteiger partial charge in [0.1, 0.15) is 22.6 Å². The first-order valence-corrected chi connectivity index (χ1v) is 50.7. The van der Waals surface area contributed by atoms with Gasteiger partial charge in [-0.25, -0.2) is 0 Å². The number of benzene rings is 8. The number of nitriles is 2. The molecule has 0 bridgehead atoms. The van der Waals surface area contributed by atoms with E-state index in [4.69, 9.17) is 101 Å². The molecule has 5 atom stereocenters. The number of ketones is 1. The van der Waals surface area contributed by atoms with E-state index >= 15 is 0 Å². The number of amides is 1. The van der Waals surface area contributed by atoms with Gasteiger partial charge in [-0.15, -0.1) is 26.3 Å². The summed E-state index contributed by atoms with van der Waals surface area (Å²) < 4.78 is 103. The number of carbonyl (C=O) groups excluding carboxylic acids is 3. The molecule has 134 heavy (non-hydrogen) atoms. The van der Waals surface area contributed by atoms with Crippen LogP contribution < -0.4 is 20.5 Å². The lowest BCUT2D eigenvalue weighted by Crippen LogP contribution is -2.48. The number of aliphatic hydroxyl groups is 1. The molecular weight excluding hydrogens is 1910 g/mol. The zero-order valence-corrected chi connectivity index (χ0v) is 85.4. The quantitative estimate of drug-likeness (QED) is 0.0342. The number of hydrogen-bond donors (Lipinski definition) is 3. The van der Waals surface area contributed by atoms with E-state index in [1.165, 1.54) is 19.1 Å². The summed E-state index contributed by atoms with van der Waals surface area (Å²) in [6, 6.07) is 46.6. The second-order valence-electron chi connectivity index (χ2n) is 35.9. The van der Waals surface area contributed by atoms with Crippen molar-refractivity contribution in [3.63, 3.8) is 0 Å². The van der Waals surface area contributed by atoms with Gasteiger partial charge in [-0.05, 0) is 282 Å². The lowest BCUT2D eigenvalue weighted by atomic mass is 10.0. The van der Waals surface area contributed by atoms with Gasteiger partial charge in [0.25, 0.3) is 11.1 Å². The van der Waals surface area contributed by atoms with Crippen LogP contribution in [0.25, 0.3) is 65.4 Å². The molecule has 0 saturated carbocycles. The van der Waals surface area contributed by atoms with Crippen molar-refractivity contribution in [2.75, 3.05) is 0 Å². The highest BCUT2D eigenvalue weighted by Gasteiger charge is 2.41. The maximum absolute atomic E-state index is 12.5. The van der Waals surface area contributed by atoms with Gasteiger partial charge in [0.05, 0.1) is 103 Å². The summed E-state index contributed by atoms with van der Waals surface area (Å²) in [5, 5.41) is 67.3. The van der Waals surface area contributed by atoms with Crippen molar-refractivity contribution in [2.45, 2.75) is 235 Å². The Morgan fingerprint density at radius 2 is 0.776 bits per heavy atom. The molecule has 0 aliphatic heterocycles. The molecular formula is C95H109Cl7F6N16O8Si2. The highest BCUT2D eigenvalue weighted by Crippen LogP contribution is 2.40. The van der Waals surface area contributed by atoms with Crippen LogP contribution in [-0.2, 0) is 52.9 Å². The van der Waals surface area contributed by atoms with Crippen LogP contribution in [0.4, 0.5) is 26.3 Å². The highest BCUT2D eigenvalue weighted by atomic mass is 35.5. The minimum absolute atomic E-state index is 0.0582. The topological polar surface area (TPSA) is 301 Å². The van der Waals surface area contributed by atoms with Crippen molar-refractivity contribution in [1.29, 1.82) is 10.5 Å². The number of ether oxygens (including phenoxy) is 2. The summed E-state index contributed by atoms with van der Waals surface area (Å²) in [6.07, 6.45) is -7.60. The molecule has 6 aromatic heterocycles. The first-order valence-electron chi connectivity index (χ1n) is 42.2. The number of nitrogens with zero attached hydrogens (tertiary/aromatic N) is 14. The van der Waals surface area contributed by atoms with Crippen LogP contribution >= 0.6 is 81.2 Å². The lowest BCUT2D eigenvalue weighted by molar-refractivity contribution is -0.275. The minimum Gasteiger partial charge on any atom is -0.412 e.